The summed E-state index contributed by atoms with van der Waals surface area (Å²) in [5.74, 6) is 4.28. The molecule has 1 saturated heterocycles. The molecule has 7 heteroatoms. The Balaban J connectivity index is 0.00000274. The van der Waals surface area contributed by atoms with Crippen molar-refractivity contribution in [2.75, 3.05) is 32.1 Å². The third kappa shape index (κ3) is 5.06. The van der Waals surface area contributed by atoms with E-state index >= 15 is 0 Å². The van der Waals surface area contributed by atoms with E-state index in [4.69, 9.17) is 4.42 Å². The first-order valence-corrected chi connectivity index (χ1v) is 13.5. The SMILES string of the molecule is CN(C)Cc1cc2c(o1)CN(C(=O)c1ccc(C3(c4ccccc4)SCCCS3)cc1)CC2.Cl. The van der Waals surface area contributed by atoms with E-state index in [2.05, 4.69) is 53.4 Å². The highest BCUT2D eigenvalue weighted by atomic mass is 35.5. The van der Waals surface area contributed by atoms with E-state index in [1.165, 1.54) is 23.1 Å². The van der Waals surface area contributed by atoms with Gasteiger partial charge >= 0.3 is 0 Å². The summed E-state index contributed by atoms with van der Waals surface area (Å²) >= 11 is 4.02. The van der Waals surface area contributed by atoms with Crippen LogP contribution in [0.25, 0.3) is 0 Å². The maximum absolute atomic E-state index is 13.3. The number of amides is 1. The highest BCUT2D eigenvalue weighted by Gasteiger charge is 2.37. The van der Waals surface area contributed by atoms with Crippen molar-refractivity contribution in [3.05, 3.63) is 94.4 Å². The van der Waals surface area contributed by atoms with Crippen LogP contribution in [0.1, 0.15) is 45.0 Å². The molecule has 1 aromatic heterocycles. The van der Waals surface area contributed by atoms with Crippen molar-refractivity contribution in [3.8, 4) is 0 Å². The summed E-state index contributed by atoms with van der Waals surface area (Å²) in [6.45, 7) is 2.05. The van der Waals surface area contributed by atoms with E-state index in [9.17, 15) is 4.79 Å². The topological polar surface area (TPSA) is 36.7 Å². The Kier molecular flexibility index (Phi) is 8.03. The lowest BCUT2D eigenvalue weighted by atomic mass is 10.0. The van der Waals surface area contributed by atoms with Crippen molar-refractivity contribution in [1.82, 2.24) is 9.80 Å². The van der Waals surface area contributed by atoms with Gasteiger partial charge in [-0.3, -0.25) is 4.79 Å². The van der Waals surface area contributed by atoms with Crippen LogP contribution < -0.4 is 0 Å². The van der Waals surface area contributed by atoms with Crippen LogP contribution in [0.2, 0.25) is 0 Å². The number of benzene rings is 2. The molecular formula is C27H31ClN2O2S2. The van der Waals surface area contributed by atoms with Crippen LogP contribution in [0.3, 0.4) is 0 Å². The smallest absolute Gasteiger partial charge is 0.254 e. The van der Waals surface area contributed by atoms with Crippen LogP contribution in [0, 0.1) is 0 Å². The first-order chi connectivity index (χ1) is 16.0. The van der Waals surface area contributed by atoms with Gasteiger partial charge in [-0.25, -0.2) is 0 Å². The first-order valence-electron chi connectivity index (χ1n) is 11.5. The normalized spacial score (nSPS) is 17.2. The van der Waals surface area contributed by atoms with Crippen LogP contribution in [0.15, 0.2) is 65.1 Å². The van der Waals surface area contributed by atoms with E-state index in [1.54, 1.807) is 0 Å². The van der Waals surface area contributed by atoms with Gasteiger partial charge < -0.3 is 14.2 Å². The summed E-state index contributed by atoms with van der Waals surface area (Å²) in [6.07, 6.45) is 2.08. The van der Waals surface area contributed by atoms with Crippen LogP contribution in [0.5, 0.6) is 0 Å². The molecule has 0 bridgehead atoms. The van der Waals surface area contributed by atoms with E-state index < -0.39 is 0 Å². The number of fused-ring (bicyclic) bond motifs is 1. The van der Waals surface area contributed by atoms with Crippen molar-refractivity contribution >= 4 is 41.8 Å². The zero-order valence-electron chi connectivity index (χ0n) is 19.7. The van der Waals surface area contributed by atoms with Gasteiger partial charge in [0.1, 0.15) is 15.6 Å². The van der Waals surface area contributed by atoms with E-state index in [0.717, 1.165) is 48.1 Å². The number of rotatable bonds is 5. The quantitative estimate of drug-likeness (QED) is 0.415. The van der Waals surface area contributed by atoms with Crippen molar-refractivity contribution in [2.24, 2.45) is 0 Å². The van der Waals surface area contributed by atoms with Crippen molar-refractivity contribution in [2.45, 2.75) is 30.0 Å². The number of hydrogen-bond donors (Lipinski definition) is 0. The molecule has 2 aliphatic heterocycles. The second kappa shape index (κ2) is 10.8. The minimum Gasteiger partial charge on any atom is -0.463 e. The fourth-order valence-corrected chi connectivity index (χ4v) is 8.03. The van der Waals surface area contributed by atoms with Gasteiger partial charge in [-0.2, -0.15) is 0 Å². The maximum atomic E-state index is 13.3. The van der Waals surface area contributed by atoms with Gasteiger partial charge in [0.25, 0.3) is 5.91 Å². The Morgan fingerprint density at radius 3 is 2.38 bits per heavy atom. The molecule has 0 unspecified atom stereocenters. The van der Waals surface area contributed by atoms with E-state index in [0.29, 0.717) is 6.54 Å². The molecule has 0 saturated carbocycles. The molecule has 180 valence electrons. The fraction of sp³-hybridized carbons (Fsp3) is 0.370. The van der Waals surface area contributed by atoms with E-state index in [1.807, 2.05) is 54.7 Å². The molecule has 0 radical (unpaired) electrons. The molecule has 3 aromatic rings. The molecule has 3 heterocycles. The van der Waals surface area contributed by atoms with Gasteiger partial charge in [-0.15, -0.1) is 35.9 Å². The highest BCUT2D eigenvalue weighted by Crippen LogP contribution is 2.54. The van der Waals surface area contributed by atoms with Crippen LogP contribution in [-0.4, -0.2) is 47.9 Å². The van der Waals surface area contributed by atoms with Crippen LogP contribution in [0.4, 0.5) is 0 Å². The second-order valence-corrected chi connectivity index (χ2v) is 11.9. The molecule has 0 aliphatic carbocycles. The van der Waals surface area contributed by atoms with Gasteiger partial charge in [-0.1, -0.05) is 42.5 Å². The highest BCUT2D eigenvalue weighted by molar-refractivity contribution is 8.18. The molecule has 1 fully saturated rings. The molecule has 2 aromatic carbocycles. The summed E-state index contributed by atoms with van der Waals surface area (Å²) in [5, 5.41) is 0. The third-order valence-electron chi connectivity index (χ3n) is 6.26. The van der Waals surface area contributed by atoms with Gasteiger partial charge in [0.05, 0.1) is 13.1 Å². The first kappa shape index (κ1) is 25.2. The zero-order chi connectivity index (χ0) is 22.8. The summed E-state index contributed by atoms with van der Waals surface area (Å²) in [7, 11) is 4.07. The minimum absolute atomic E-state index is 0. The van der Waals surface area contributed by atoms with Gasteiger partial charge in [-0.05, 0) is 73.3 Å². The van der Waals surface area contributed by atoms with Crippen molar-refractivity contribution < 1.29 is 9.21 Å². The Morgan fingerprint density at radius 1 is 1.03 bits per heavy atom. The number of nitrogens with zero attached hydrogens (tertiary/aromatic N) is 2. The second-order valence-electron chi connectivity index (χ2n) is 8.99. The summed E-state index contributed by atoms with van der Waals surface area (Å²) in [5.41, 5.74) is 4.58. The summed E-state index contributed by atoms with van der Waals surface area (Å²) in [6, 6.07) is 21.2. The number of thioether (sulfide) groups is 2. The predicted molar refractivity (Wildman–Crippen MR) is 145 cm³/mol. The number of carbonyl (C=O) groups is 1. The van der Waals surface area contributed by atoms with Crippen LogP contribution in [-0.2, 0) is 23.6 Å². The Bertz CT molecular complexity index is 1110. The average Bonchev–Trinajstić information content (AvgIpc) is 3.25. The third-order valence-corrected chi connectivity index (χ3v) is 9.71. The molecule has 5 rings (SSSR count). The molecule has 1 amide bonds. The Hall–Kier alpha value is -1.86. The largest absolute Gasteiger partial charge is 0.463 e. The zero-order valence-corrected chi connectivity index (χ0v) is 22.1. The van der Waals surface area contributed by atoms with Crippen molar-refractivity contribution in [1.29, 1.82) is 0 Å². The monoisotopic (exact) mass is 514 g/mol. The standard InChI is InChI=1S/C27H30N2O2S2.ClH/c1-28(2)18-24-17-21-13-14-29(19-25(21)31-24)26(30)20-9-11-23(12-10-20)27(32-15-6-16-33-27)22-7-4-3-5-8-22;/h3-5,7-12,17H,6,13-16,18-19H2,1-2H3;1H. The molecule has 2 aliphatic rings. The molecule has 4 nitrogen and oxygen atoms in total. The number of furan rings is 1. The lowest BCUT2D eigenvalue weighted by molar-refractivity contribution is 0.0718. The predicted octanol–water partition coefficient (Wildman–Crippen LogP) is 6.03. The summed E-state index contributed by atoms with van der Waals surface area (Å²) < 4.78 is 5.95. The maximum Gasteiger partial charge on any atom is 0.254 e. The average molecular weight is 515 g/mol. The minimum atomic E-state index is -0.0991. The Labute approximate surface area is 216 Å². The molecule has 0 N–H and O–H groups in total. The van der Waals surface area contributed by atoms with Gasteiger partial charge in [0.2, 0.25) is 0 Å². The number of halogens is 1. The number of carbonyl (C=O) groups excluding carboxylic acids is 1. The molecule has 0 atom stereocenters. The number of hydrogen-bond acceptors (Lipinski definition) is 5. The molecular weight excluding hydrogens is 484 g/mol. The van der Waals surface area contributed by atoms with Crippen LogP contribution >= 0.6 is 35.9 Å². The lowest BCUT2D eigenvalue weighted by Gasteiger charge is -2.37. The molecule has 34 heavy (non-hydrogen) atoms. The van der Waals surface area contributed by atoms with Gasteiger partial charge in [0, 0.05) is 12.1 Å². The van der Waals surface area contributed by atoms with Crippen molar-refractivity contribution in [3.63, 3.8) is 0 Å². The van der Waals surface area contributed by atoms with E-state index in [-0.39, 0.29) is 22.4 Å². The Morgan fingerprint density at radius 2 is 1.71 bits per heavy atom. The molecule has 0 spiro atoms. The lowest BCUT2D eigenvalue weighted by Crippen LogP contribution is -2.35. The fourth-order valence-electron chi connectivity index (χ4n) is 4.65. The van der Waals surface area contributed by atoms with Gasteiger partial charge in [0.15, 0.2) is 0 Å². The summed E-state index contributed by atoms with van der Waals surface area (Å²) in [4.78, 5) is 17.3.